The molecule has 3 aromatic carbocycles. The molecule has 0 spiro atoms. The summed E-state index contributed by atoms with van der Waals surface area (Å²) >= 11 is 0. The van der Waals surface area contributed by atoms with Gasteiger partial charge in [-0.2, -0.15) is 0 Å². The van der Waals surface area contributed by atoms with Crippen LogP contribution in [0.15, 0.2) is 48.5 Å². The Balaban J connectivity index is 1.54. The molecule has 3 aromatic rings. The summed E-state index contributed by atoms with van der Waals surface area (Å²) in [6.45, 7) is 0.744. The normalized spacial score (nSPS) is 18.8. The van der Waals surface area contributed by atoms with E-state index in [9.17, 15) is 13.2 Å². The second-order valence-corrected chi connectivity index (χ2v) is 7.99. The molecule has 0 atom stereocenters. The zero-order valence-electron chi connectivity index (χ0n) is 16.9. The monoisotopic (exact) mass is 408 g/mol. The van der Waals surface area contributed by atoms with Crippen molar-refractivity contribution in [2.24, 2.45) is 5.92 Å². The molecule has 1 saturated carbocycles. The number of benzene rings is 3. The molecule has 0 N–H and O–H groups in total. The van der Waals surface area contributed by atoms with E-state index in [1.54, 1.807) is 31.4 Å². The van der Waals surface area contributed by atoms with E-state index in [1.807, 2.05) is 0 Å². The predicted octanol–water partition coefficient (Wildman–Crippen LogP) is 6.58. The number of rotatable bonds is 3. The van der Waals surface area contributed by atoms with Crippen LogP contribution in [0.2, 0.25) is 0 Å². The van der Waals surface area contributed by atoms with E-state index in [4.69, 9.17) is 4.74 Å². The fourth-order valence-corrected chi connectivity index (χ4v) is 4.28. The lowest BCUT2D eigenvalue weighted by molar-refractivity contribution is 0.127. The molecule has 0 aromatic heterocycles. The van der Waals surface area contributed by atoms with Crippen LogP contribution in [0.1, 0.15) is 48.3 Å². The van der Waals surface area contributed by atoms with Crippen molar-refractivity contribution in [3.05, 3.63) is 82.7 Å². The first-order chi connectivity index (χ1) is 14.5. The lowest BCUT2D eigenvalue weighted by Gasteiger charge is -2.28. The molecular formula is C26H23F3O. The van der Waals surface area contributed by atoms with Gasteiger partial charge in [-0.15, -0.1) is 0 Å². The molecule has 4 rings (SSSR count). The molecular weight excluding hydrogens is 385 g/mol. The summed E-state index contributed by atoms with van der Waals surface area (Å²) in [7, 11) is 1.70. The minimum Gasteiger partial charge on any atom is -0.384 e. The molecule has 1 fully saturated rings. The van der Waals surface area contributed by atoms with Crippen molar-refractivity contribution in [3.8, 4) is 11.8 Å². The molecule has 4 heteroatoms. The third kappa shape index (κ3) is 4.52. The fourth-order valence-electron chi connectivity index (χ4n) is 4.28. The Hall–Kier alpha value is -2.77. The maximum absolute atomic E-state index is 14.7. The summed E-state index contributed by atoms with van der Waals surface area (Å²) in [6, 6.07) is 12.6. The molecule has 30 heavy (non-hydrogen) atoms. The maximum Gasteiger partial charge on any atom is 0.142 e. The Bertz CT molecular complexity index is 1100. The third-order valence-electron chi connectivity index (χ3n) is 5.92. The number of methoxy groups -OCH3 is 1. The van der Waals surface area contributed by atoms with Gasteiger partial charge in [0.15, 0.2) is 0 Å². The van der Waals surface area contributed by atoms with Crippen LogP contribution in [-0.4, -0.2) is 13.7 Å². The van der Waals surface area contributed by atoms with Crippen LogP contribution < -0.4 is 0 Å². The fraction of sp³-hybridized carbons (Fsp3) is 0.308. The maximum atomic E-state index is 14.7. The van der Waals surface area contributed by atoms with Crippen LogP contribution in [0.4, 0.5) is 13.2 Å². The number of halogens is 3. The molecule has 1 aliphatic carbocycles. The van der Waals surface area contributed by atoms with Gasteiger partial charge in [0.1, 0.15) is 17.5 Å². The zero-order valence-corrected chi connectivity index (χ0v) is 16.9. The second-order valence-electron chi connectivity index (χ2n) is 7.99. The van der Waals surface area contributed by atoms with Crippen LogP contribution >= 0.6 is 0 Å². The molecule has 0 bridgehead atoms. The van der Waals surface area contributed by atoms with Gasteiger partial charge in [0.2, 0.25) is 0 Å². The van der Waals surface area contributed by atoms with Crippen molar-refractivity contribution < 1.29 is 17.9 Å². The van der Waals surface area contributed by atoms with Gasteiger partial charge in [0.25, 0.3) is 0 Å². The number of hydrogen-bond acceptors (Lipinski definition) is 1. The molecule has 0 unspecified atom stereocenters. The Kier molecular flexibility index (Phi) is 6.11. The van der Waals surface area contributed by atoms with E-state index in [0.29, 0.717) is 17.0 Å². The summed E-state index contributed by atoms with van der Waals surface area (Å²) in [5.41, 5.74) is 1.11. The summed E-state index contributed by atoms with van der Waals surface area (Å²) in [5.74, 6) is 4.61. The zero-order chi connectivity index (χ0) is 21.1. The van der Waals surface area contributed by atoms with E-state index < -0.39 is 11.6 Å². The lowest BCUT2D eigenvalue weighted by Crippen LogP contribution is -2.17. The van der Waals surface area contributed by atoms with Crippen molar-refractivity contribution in [3.63, 3.8) is 0 Å². The van der Waals surface area contributed by atoms with Gasteiger partial charge in [-0.3, -0.25) is 0 Å². The van der Waals surface area contributed by atoms with Crippen LogP contribution in [0.25, 0.3) is 10.8 Å². The van der Waals surface area contributed by atoms with Gasteiger partial charge in [0, 0.05) is 19.3 Å². The molecule has 0 aliphatic heterocycles. The predicted molar refractivity (Wildman–Crippen MR) is 113 cm³/mol. The van der Waals surface area contributed by atoms with E-state index in [0.717, 1.165) is 43.1 Å². The Morgan fingerprint density at radius 2 is 1.50 bits per heavy atom. The van der Waals surface area contributed by atoms with Crippen LogP contribution in [0.3, 0.4) is 0 Å². The van der Waals surface area contributed by atoms with Crippen molar-refractivity contribution in [2.75, 3.05) is 13.7 Å². The van der Waals surface area contributed by atoms with Gasteiger partial charge >= 0.3 is 0 Å². The van der Waals surface area contributed by atoms with E-state index in [2.05, 4.69) is 11.8 Å². The summed E-state index contributed by atoms with van der Waals surface area (Å²) < 4.78 is 47.8. The first-order valence-electron chi connectivity index (χ1n) is 10.2. The average Bonchev–Trinajstić information content (AvgIpc) is 2.74. The summed E-state index contributed by atoms with van der Waals surface area (Å²) in [5, 5.41) is 1.58. The highest BCUT2D eigenvalue weighted by Crippen LogP contribution is 2.36. The molecule has 1 aliphatic rings. The van der Waals surface area contributed by atoms with Crippen molar-refractivity contribution >= 4 is 10.8 Å². The second kappa shape index (κ2) is 8.93. The van der Waals surface area contributed by atoms with E-state index >= 15 is 0 Å². The number of fused-ring (bicyclic) bond motifs is 1. The Morgan fingerprint density at radius 3 is 2.20 bits per heavy atom. The minimum atomic E-state index is -0.626. The van der Waals surface area contributed by atoms with Gasteiger partial charge in [-0.1, -0.05) is 24.0 Å². The van der Waals surface area contributed by atoms with Gasteiger partial charge in [-0.05, 0) is 90.3 Å². The van der Waals surface area contributed by atoms with Gasteiger partial charge in [0.05, 0.1) is 5.56 Å². The minimum absolute atomic E-state index is 0.171. The molecule has 0 heterocycles. The van der Waals surface area contributed by atoms with Crippen molar-refractivity contribution in [2.45, 2.75) is 31.6 Å². The summed E-state index contributed by atoms with van der Waals surface area (Å²) in [6.07, 6.45) is 3.84. The van der Waals surface area contributed by atoms with Gasteiger partial charge < -0.3 is 4.74 Å². The van der Waals surface area contributed by atoms with Crippen LogP contribution in [-0.2, 0) is 4.74 Å². The van der Waals surface area contributed by atoms with Crippen molar-refractivity contribution in [1.29, 1.82) is 0 Å². The highest BCUT2D eigenvalue weighted by Gasteiger charge is 2.24. The third-order valence-corrected chi connectivity index (χ3v) is 5.92. The standard InChI is InChI=1S/C26H23F3O/c1-30-16-18-3-6-19(7-4-18)22-14-25(28)24(26(29)15-22)11-5-17-2-8-21-13-23(27)10-9-20(21)12-17/h2,8-10,12-15,18-19H,3-4,6-7,16H2,1H3. The van der Waals surface area contributed by atoms with Crippen LogP contribution in [0.5, 0.6) is 0 Å². The highest BCUT2D eigenvalue weighted by molar-refractivity contribution is 5.84. The highest BCUT2D eigenvalue weighted by atomic mass is 19.1. The lowest BCUT2D eigenvalue weighted by atomic mass is 9.79. The Morgan fingerprint density at radius 1 is 0.833 bits per heavy atom. The molecule has 0 amide bonds. The summed E-state index contributed by atoms with van der Waals surface area (Å²) in [4.78, 5) is 0. The average molecular weight is 408 g/mol. The topological polar surface area (TPSA) is 9.23 Å². The van der Waals surface area contributed by atoms with E-state index in [-0.39, 0.29) is 17.3 Å². The molecule has 1 nitrogen and oxygen atoms in total. The van der Waals surface area contributed by atoms with Crippen LogP contribution in [0, 0.1) is 35.2 Å². The number of ether oxygens (including phenoxy) is 1. The molecule has 0 radical (unpaired) electrons. The smallest absolute Gasteiger partial charge is 0.142 e. The van der Waals surface area contributed by atoms with Crippen molar-refractivity contribution in [1.82, 2.24) is 0 Å². The largest absolute Gasteiger partial charge is 0.384 e. The first-order valence-corrected chi connectivity index (χ1v) is 10.2. The Labute approximate surface area is 174 Å². The number of hydrogen-bond donors (Lipinski definition) is 0. The SMILES string of the molecule is COCC1CCC(c2cc(F)c(C#Cc3ccc4cc(F)ccc4c3)c(F)c2)CC1. The molecule has 0 saturated heterocycles. The first kappa shape index (κ1) is 20.5. The van der Waals surface area contributed by atoms with E-state index in [1.165, 1.54) is 24.3 Å². The quantitative estimate of drug-likeness (QED) is 0.445. The molecule has 154 valence electrons. The van der Waals surface area contributed by atoms with Gasteiger partial charge in [-0.25, -0.2) is 13.2 Å².